The quantitative estimate of drug-likeness (QED) is 0.262. The van der Waals surface area contributed by atoms with E-state index in [1.54, 1.807) is 42.5 Å². The SMILES string of the molecule is O=C(NC1CCC(n2c(=O)c3cc(F)cnc3n(-c3cccc(-c4ccc(O)cc4)c3)c2=O)CC1)C1=C[N+]2CN(F)C=CC2=N1. The number of hydrogen-bond donors (Lipinski definition) is 2. The number of benzene rings is 2. The number of halogens is 2. The summed E-state index contributed by atoms with van der Waals surface area (Å²) in [6.07, 6.45) is 7.00. The number of nitrogens with one attached hydrogen (secondary N) is 1. The van der Waals surface area contributed by atoms with Crippen LogP contribution in [0.4, 0.5) is 8.87 Å². The number of phenols is 1. The van der Waals surface area contributed by atoms with Crippen LogP contribution < -0.4 is 21.5 Å². The number of rotatable bonds is 5. The molecule has 4 aromatic rings. The first-order valence-electron chi connectivity index (χ1n) is 14.5. The maximum atomic E-state index is 14.4. The third-order valence-corrected chi connectivity index (χ3v) is 8.31. The zero-order valence-electron chi connectivity index (χ0n) is 23.8. The molecule has 45 heavy (non-hydrogen) atoms. The standard InChI is InChI=1S/C32H27F2N7O4/c33-21-15-26-29(35-16-21)40(24-3-1-2-20(14-24)19-4-10-25(42)11-5-19)32(45)41(31(26)44)23-8-6-22(7-9-23)36-30(43)27-17-38-18-39(34)13-12-28(38)37-27/h1-5,10-17,22-23,42H,6-9,18H2,(H,36,43)/q+1. The topological polar surface area (TPSA) is 128 Å². The van der Waals surface area contributed by atoms with Crippen LogP contribution >= 0.6 is 0 Å². The van der Waals surface area contributed by atoms with Gasteiger partial charge in [0.05, 0.1) is 17.3 Å². The maximum absolute atomic E-state index is 14.4. The van der Waals surface area contributed by atoms with Gasteiger partial charge < -0.3 is 10.4 Å². The van der Waals surface area contributed by atoms with Crippen molar-refractivity contribution in [2.24, 2.45) is 4.99 Å². The van der Waals surface area contributed by atoms with Crippen molar-refractivity contribution in [1.29, 1.82) is 0 Å². The number of aliphatic imine (C=N–C) groups is 1. The molecule has 0 spiro atoms. The predicted octanol–water partition coefficient (Wildman–Crippen LogP) is 3.72. The molecule has 2 aromatic carbocycles. The van der Waals surface area contributed by atoms with Crippen LogP contribution in [0, 0.1) is 5.82 Å². The summed E-state index contributed by atoms with van der Waals surface area (Å²) >= 11 is 0. The fraction of sp³-hybridized carbons (Fsp3) is 0.219. The monoisotopic (exact) mass is 611 g/mol. The lowest BCUT2D eigenvalue weighted by atomic mass is 9.90. The molecule has 0 bridgehead atoms. The number of carbonyl (C=O) groups excluding carboxylic acids is 1. The minimum Gasteiger partial charge on any atom is -0.508 e. The molecular weight excluding hydrogens is 584 g/mol. The summed E-state index contributed by atoms with van der Waals surface area (Å²) in [5.74, 6) is -0.489. The summed E-state index contributed by atoms with van der Waals surface area (Å²) in [6, 6.07) is 14.1. The smallest absolute Gasteiger partial charge is 0.337 e. The van der Waals surface area contributed by atoms with Gasteiger partial charge in [-0.05, 0) is 67.1 Å². The van der Waals surface area contributed by atoms with E-state index in [1.165, 1.54) is 32.5 Å². The number of aromatic nitrogens is 3. The van der Waals surface area contributed by atoms with Crippen molar-refractivity contribution in [3.8, 4) is 22.6 Å². The summed E-state index contributed by atoms with van der Waals surface area (Å²) in [4.78, 5) is 50.6. The highest BCUT2D eigenvalue weighted by Crippen LogP contribution is 2.29. The molecule has 11 nitrogen and oxygen atoms in total. The Morgan fingerprint density at radius 1 is 1.02 bits per heavy atom. The Morgan fingerprint density at radius 3 is 2.58 bits per heavy atom. The van der Waals surface area contributed by atoms with Gasteiger partial charge >= 0.3 is 5.69 Å². The molecular formula is C32H27F2N7O4+. The zero-order chi connectivity index (χ0) is 31.2. The average Bonchev–Trinajstić information content (AvgIpc) is 3.46. The van der Waals surface area contributed by atoms with E-state index in [0.717, 1.165) is 23.4 Å². The van der Waals surface area contributed by atoms with E-state index >= 15 is 0 Å². The second-order valence-electron chi connectivity index (χ2n) is 11.2. The first-order chi connectivity index (χ1) is 21.7. The lowest BCUT2D eigenvalue weighted by Gasteiger charge is -2.30. The predicted molar refractivity (Wildman–Crippen MR) is 163 cm³/mol. The highest BCUT2D eigenvalue weighted by Gasteiger charge is 2.36. The highest BCUT2D eigenvalue weighted by molar-refractivity contribution is 6.05. The molecule has 1 saturated carbocycles. The van der Waals surface area contributed by atoms with Gasteiger partial charge in [-0.15, -0.1) is 0 Å². The third-order valence-electron chi connectivity index (χ3n) is 8.31. The number of nitrogens with zero attached hydrogens (tertiary/aromatic N) is 6. The number of fused-ring (bicyclic) bond motifs is 2. The summed E-state index contributed by atoms with van der Waals surface area (Å²) in [5.41, 5.74) is 0.999. The Kier molecular flexibility index (Phi) is 7.09. The van der Waals surface area contributed by atoms with Crippen molar-refractivity contribution >= 4 is 22.8 Å². The number of amides is 1. The molecule has 2 aliphatic heterocycles. The van der Waals surface area contributed by atoms with Crippen LogP contribution in [0.1, 0.15) is 31.7 Å². The van der Waals surface area contributed by atoms with Gasteiger partial charge in [0.15, 0.2) is 17.5 Å². The van der Waals surface area contributed by atoms with E-state index in [9.17, 15) is 28.4 Å². The summed E-state index contributed by atoms with van der Waals surface area (Å²) in [5, 5.41) is 13.1. The van der Waals surface area contributed by atoms with Gasteiger partial charge in [-0.1, -0.05) is 33.6 Å². The Bertz CT molecular complexity index is 2040. The Hall–Kier alpha value is -5.43. The molecule has 0 saturated heterocycles. The lowest BCUT2D eigenvalue weighted by molar-refractivity contribution is -0.118. The van der Waals surface area contributed by atoms with Crippen LogP contribution in [0.3, 0.4) is 0 Å². The summed E-state index contributed by atoms with van der Waals surface area (Å²) in [6.45, 7) is -0.0597. The maximum Gasteiger partial charge on any atom is 0.337 e. The average molecular weight is 612 g/mol. The van der Waals surface area contributed by atoms with Crippen LogP contribution in [-0.4, -0.2) is 48.8 Å². The van der Waals surface area contributed by atoms with Gasteiger partial charge in [0.25, 0.3) is 17.3 Å². The number of aromatic hydroxyl groups is 1. The zero-order valence-corrected chi connectivity index (χ0v) is 23.8. The number of pyridine rings is 1. The Morgan fingerprint density at radius 2 is 1.80 bits per heavy atom. The van der Waals surface area contributed by atoms with Crippen molar-refractivity contribution in [3.05, 3.63) is 112 Å². The number of phenolic OH excluding ortho intramolecular Hbond substituents is 1. The van der Waals surface area contributed by atoms with Crippen molar-refractivity contribution in [3.63, 3.8) is 0 Å². The van der Waals surface area contributed by atoms with E-state index < -0.39 is 23.1 Å². The minimum absolute atomic E-state index is 0.0234. The lowest BCUT2D eigenvalue weighted by Crippen LogP contribution is -2.45. The Labute approximate surface area is 254 Å². The number of amidine groups is 1. The van der Waals surface area contributed by atoms with Gasteiger partial charge in [-0.25, -0.2) is 18.7 Å². The van der Waals surface area contributed by atoms with E-state index in [2.05, 4.69) is 15.3 Å². The molecule has 3 aliphatic rings. The molecule has 4 heterocycles. The molecule has 1 fully saturated rings. The van der Waals surface area contributed by atoms with Gasteiger partial charge in [0.2, 0.25) is 6.67 Å². The second-order valence-corrected chi connectivity index (χ2v) is 11.2. The van der Waals surface area contributed by atoms with Crippen molar-refractivity contribution in [1.82, 2.24) is 29.5 Å². The first-order valence-corrected chi connectivity index (χ1v) is 14.5. The second kappa shape index (κ2) is 11.2. The molecule has 1 amide bonds. The molecule has 227 valence electrons. The Balaban J connectivity index is 1.17. The van der Waals surface area contributed by atoms with Crippen LogP contribution in [-0.2, 0) is 4.79 Å². The molecule has 0 atom stereocenters. The van der Waals surface area contributed by atoms with Gasteiger partial charge in [-0.2, -0.15) is 10.1 Å². The highest BCUT2D eigenvalue weighted by atomic mass is 19.2. The molecule has 13 heteroatoms. The molecule has 0 unspecified atom stereocenters. The van der Waals surface area contributed by atoms with Gasteiger partial charge in [-0.3, -0.25) is 14.2 Å². The van der Waals surface area contributed by atoms with Crippen LogP contribution in [0.15, 0.2) is 99.5 Å². The third kappa shape index (κ3) is 5.31. The largest absolute Gasteiger partial charge is 0.508 e. The molecule has 1 radical (unpaired) electrons. The van der Waals surface area contributed by atoms with E-state index in [0.29, 0.717) is 42.3 Å². The minimum atomic E-state index is -0.698. The van der Waals surface area contributed by atoms with Crippen LogP contribution in [0.25, 0.3) is 27.8 Å². The summed E-state index contributed by atoms with van der Waals surface area (Å²) in [7, 11) is 0. The summed E-state index contributed by atoms with van der Waals surface area (Å²) < 4.78 is 30.4. The van der Waals surface area contributed by atoms with Crippen LogP contribution in [0.5, 0.6) is 5.75 Å². The van der Waals surface area contributed by atoms with Crippen molar-refractivity contribution in [2.45, 2.75) is 37.8 Å². The fourth-order valence-corrected chi connectivity index (χ4v) is 6.08. The van der Waals surface area contributed by atoms with Gasteiger partial charge in [0.1, 0.15) is 11.6 Å². The molecule has 7 rings (SSSR count). The van der Waals surface area contributed by atoms with Crippen molar-refractivity contribution < 1.29 is 18.8 Å². The normalized spacial score (nSPS) is 19.7. The molecule has 2 aromatic heterocycles. The van der Waals surface area contributed by atoms with E-state index in [1.807, 2.05) is 6.07 Å². The number of carbonyl (C=O) groups is 1. The molecule has 1 aliphatic carbocycles. The van der Waals surface area contributed by atoms with E-state index in [-0.39, 0.29) is 41.1 Å². The molecule has 2 N–H and O–H groups in total. The van der Waals surface area contributed by atoms with Crippen molar-refractivity contribution in [2.75, 3.05) is 6.67 Å². The van der Waals surface area contributed by atoms with Gasteiger partial charge in [0, 0.05) is 24.4 Å². The van der Waals surface area contributed by atoms with Crippen LogP contribution in [0.2, 0.25) is 0 Å². The number of hydrogen-bond acceptors (Lipinski definition) is 8. The fourth-order valence-electron chi connectivity index (χ4n) is 6.08. The first kappa shape index (κ1) is 28.3. The van der Waals surface area contributed by atoms with E-state index in [4.69, 9.17) is 0 Å².